The smallest absolute Gasteiger partial charge is 0.387 e. The van der Waals surface area contributed by atoms with E-state index >= 15 is 0 Å². The van der Waals surface area contributed by atoms with E-state index in [1.165, 1.54) is 31.0 Å². The molecular formula is C17H25F3IN3O2. The molecule has 0 aliphatic heterocycles. The molecule has 0 spiro atoms. The first kappa shape index (κ1) is 22.8. The average molecular weight is 487 g/mol. The number of nitrogens with one attached hydrogen (secondary N) is 1. The molecule has 1 saturated carbocycles. The Balaban J connectivity index is 0.00000338. The lowest BCUT2D eigenvalue weighted by Gasteiger charge is -2.22. The first-order valence-electron chi connectivity index (χ1n) is 8.23. The fourth-order valence-electron chi connectivity index (χ4n) is 2.31. The highest BCUT2D eigenvalue weighted by Gasteiger charge is 2.21. The molecule has 0 heterocycles. The van der Waals surface area contributed by atoms with E-state index in [9.17, 15) is 13.2 Å². The molecule has 26 heavy (non-hydrogen) atoms. The Bertz CT molecular complexity index is 586. The van der Waals surface area contributed by atoms with E-state index < -0.39 is 12.4 Å². The molecule has 1 aliphatic rings. The van der Waals surface area contributed by atoms with Gasteiger partial charge in [0.05, 0.1) is 6.61 Å². The number of hydrogen-bond acceptors (Lipinski definition) is 3. The Kier molecular flexibility index (Phi) is 10.1. The van der Waals surface area contributed by atoms with Gasteiger partial charge in [0.15, 0.2) is 5.96 Å². The Morgan fingerprint density at radius 1 is 1.38 bits per heavy atom. The van der Waals surface area contributed by atoms with E-state index in [1.54, 1.807) is 7.05 Å². The van der Waals surface area contributed by atoms with Crippen LogP contribution in [0.15, 0.2) is 23.2 Å². The summed E-state index contributed by atoms with van der Waals surface area (Å²) >= 11 is 0. The number of alkyl halides is 2. The molecule has 148 valence electrons. The van der Waals surface area contributed by atoms with Crippen LogP contribution in [0.25, 0.3) is 0 Å². The van der Waals surface area contributed by atoms with Crippen LogP contribution in [-0.4, -0.2) is 51.3 Å². The van der Waals surface area contributed by atoms with E-state index in [-0.39, 0.29) is 41.8 Å². The third-order valence-corrected chi connectivity index (χ3v) is 3.91. The van der Waals surface area contributed by atoms with E-state index in [0.717, 1.165) is 6.61 Å². The number of likely N-dealkylation sites (N-methyl/N-ethyl adjacent to an activating group) is 1. The molecule has 0 radical (unpaired) electrons. The first-order valence-corrected chi connectivity index (χ1v) is 8.23. The van der Waals surface area contributed by atoms with Crippen molar-refractivity contribution in [3.05, 3.63) is 29.6 Å². The summed E-state index contributed by atoms with van der Waals surface area (Å²) in [6.07, 6.45) is 2.48. The number of hydrogen-bond donors (Lipinski definition) is 1. The molecule has 1 N–H and O–H groups in total. The maximum atomic E-state index is 13.9. The van der Waals surface area contributed by atoms with Crippen molar-refractivity contribution in [2.24, 2.45) is 10.9 Å². The van der Waals surface area contributed by atoms with Crippen molar-refractivity contribution in [3.63, 3.8) is 0 Å². The summed E-state index contributed by atoms with van der Waals surface area (Å²) in [5.41, 5.74) is 0.0299. The average Bonchev–Trinajstić information content (AvgIpc) is 3.38. The van der Waals surface area contributed by atoms with Crippen molar-refractivity contribution in [2.45, 2.75) is 26.0 Å². The van der Waals surface area contributed by atoms with Crippen LogP contribution in [0, 0.1) is 11.7 Å². The highest BCUT2D eigenvalue weighted by atomic mass is 127. The summed E-state index contributed by atoms with van der Waals surface area (Å²) in [6.45, 7) is -1.07. The van der Waals surface area contributed by atoms with Gasteiger partial charge in [0, 0.05) is 39.4 Å². The summed E-state index contributed by atoms with van der Waals surface area (Å²) in [7, 11) is 3.43. The molecule has 1 aromatic rings. The number of halogens is 4. The van der Waals surface area contributed by atoms with Gasteiger partial charge >= 0.3 is 6.61 Å². The van der Waals surface area contributed by atoms with Gasteiger partial charge in [-0.05, 0) is 30.9 Å². The lowest BCUT2D eigenvalue weighted by Crippen LogP contribution is -2.40. The third kappa shape index (κ3) is 7.56. The van der Waals surface area contributed by atoms with Gasteiger partial charge in [0.2, 0.25) is 0 Å². The predicted molar refractivity (Wildman–Crippen MR) is 105 cm³/mol. The Hall–Kier alpha value is -1.23. The van der Waals surface area contributed by atoms with Gasteiger partial charge in [-0.15, -0.1) is 24.0 Å². The summed E-state index contributed by atoms with van der Waals surface area (Å²) in [5, 5.41) is 2.96. The van der Waals surface area contributed by atoms with Crippen LogP contribution >= 0.6 is 24.0 Å². The molecule has 0 atom stereocenters. The number of ether oxygens (including phenoxy) is 2. The molecule has 0 amide bonds. The minimum absolute atomic E-state index is 0. The second-order valence-electron chi connectivity index (χ2n) is 5.94. The van der Waals surface area contributed by atoms with Gasteiger partial charge < -0.3 is 19.7 Å². The van der Waals surface area contributed by atoms with Gasteiger partial charge in [-0.2, -0.15) is 8.78 Å². The molecule has 0 bridgehead atoms. The molecule has 5 nitrogen and oxygen atoms in total. The standard InChI is InChI=1S/C17H24F3N3O2.HI/c1-21-17(23(2)8-9-24-11-12-6-7-12)22-10-13-14(18)4-3-5-15(13)25-16(19)20;/h3-5,12,16H,6-11H2,1-2H3,(H,21,22);1H. The molecule has 1 fully saturated rings. The first-order chi connectivity index (χ1) is 12.0. The zero-order valence-electron chi connectivity index (χ0n) is 14.9. The minimum Gasteiger partial charge on any atom is -0.434 e. The molecule has 9 heteroatoms. The summed E-state index contributed by atoms with van der Waals surface area (Å²) in [4.78, 5) is 5.95. The highest BCUT2D eigenvalue weighted by molar-refractivity contribution is 14.0. The van der Waals surface area contributed by atoms with Crippen molar-refractivity contribution >= 4 is 29.9 Å². The Morgan fingerprint density at radius 2 is 2.12 bits per heavy atom. The Morgan fingerprint density at radius 3 is 2.73 bits per heavy atom. The quantitative estimate of drug-likeness (QED) is 0.251. The van der Waals surface area contributed by atoms with Crippen molar-refractivity contribution in [1.82, 2.24) is 10.2 Å². The number of rotatable bonds is 9. The van der Waals surface area contributed by atoms with Gasteiger partial charge in [-0.3, -0.25) is 4.99 Å². The normalized spacial score (nSPS) is 14.2. The molecule has 1 aromatic carbocycles. The largest absolute Gasteiger partial charge is 0.434 e. The second kappa shape index (κ2) is 11.5. The van der Waals surface area contributed by atoms with Crippen LogP contribution in [0.3, 0.4) is 0 Å². The number of guanidine groups is 1. The van der Waals surface area contributed by atoms with Crippen molar-refractivity contribution in [1.29, 1.82) is 0 Å². The molecule has 2 rings (SSSR count). The Labute approximate surface area is 169 Å². The molecule has 0 aromatic heterocycles. The van der Waals surface area contributed by atoms with Gasteiger partial charge in [0.25, 0.3) is 0 Å². The van der Waals surface area contributed by atoms with E-state index in [1.807, 2.05) is 11.9 Å². The maximum Gasteiger partial charge on any atom is 0.387 e. The number of aliphatic imine (C=N–C) groups is 1. The van der Waals surface area contributed by atoms with Crippen LogP contribution < -0.4 is 10.1 Å². The van der Waals surface area contributed by atoms with Crippen LogP contribution in [0.5, 0.6) is 5.75 Å². The van der Waals surface area contributed by atoms with Crippen molar-refractivity contribution in [2.75, 3.05) is 33.9 Å². The van der Waals surface area contributed by atoms with E-state index in [4.69, 9.17) is 4.74 Å². The molecule has 0 saturated heterocycles. The molecule has 1 aliphatic carbocycles. The summed E-state index contributed by atoms with van der Waals surface area (Å²) in [5.74, 6) is 0.420. The van der Waals surface area contributed by atoms with E-state index in [0.29, 0.717) is 25.0 Å². The van der Waals surface area contributed by atoms with Gasteiger partial charge in [-0.25, -0.2) is 4.39 Å². The lowest BCUT2D eigenvalue weighted by molar-refractivity contribution is -0.0506. The van der Waals surface area contributed by atoms with Crippen LogP contribution in [0.4, 0.5) is 13.2 Å². The fourth-order valence-corrected chi connectivity index (χ4v) is 2.31. The summed E-state index contributed by atoms with van der Waals surface area (Å²) in [6, 6.07) is 3.84. The second-order valence-corrected chi connectivity index (χ2v) is 5.94. The zero-order chi connectivity index (χ0) is 18.2. The van der Waals surface area contributed by atoms with Crippen LogP contribution in [0.1, 0.15) is 18.4 Å². The van der Waals surface area contributed by atoms with Crippen molar-refractivity contribution in [3.8, 4) is 5.75 Å². The van der Waals surface area contributed by atoms with Crippen LogP contribution in [-0.2, 0) is 11.3 Å². The fraction of sp³-hybridized carbons (Fsp3) is 0.588. The van der Waals surface area contributed by atoms with Gasteiger partial charge in [-0.1, -0.05) is 6.07 Å². The van der Waals surface area contributed by atoms with Gasteiger partial charge in [0.1, 0.15) is 11.6 Å². The van der Waals surface area contributed by atoms with Crippen LogP contribution in [0.2, 0.25) is 0 Å². The lowest BCUT2D eigenvalue weighted by atomic mass is 10.2. The summed E-state index contributed by atoms with van der Waals surface area (Å²) < 4.78 is 48.8. The van der Waals surface area contributed by atoms with E-state index in [2.05, 4.69) is 15.0 Å². The monoisotopic (exact) mass is 487 g/mol. The number of benzene rings is 1. The third-order valence-electron chi connectivity index (χ3n) is 3.91. The number of nitrogens with zero attached hydrogens (tertiary/aromatic N) is 2. The molecule has 0 unspecified atom stereocenters. The maximum absolute atomic E-state index is 13.9. The SMILES string of the molecule is CN=C(NCc1c(F)cccc1OC(F)F)N(C)CCOCC1CC1.I. The predicted octanol–water partition coefficient (Wildman–Crippen LogP) is 3.48. The topological polar surface area (TPSA) is 46.1 Å². The highest BCUT2D eigenvalue weighted by Crippen LogP contribution is 2.28. The zero-order valence-corrected chi connectivity index (χ0v) is 17.2. The van der Waals surface area contributed by atoms with Crippen molar-refractivity contribution < 1.29 is 22.6 Å². The molecular weight excluding hydrogens is 462 g/mol. The minimum atomic E-state index is -3.01.